The summed E-state index contributed by atoms with van der Waals surface area (Å²) in [5, 5.41) is 2.17. The zero-order valence-electron chi connectivity index (χ0n) is 43.9. The molecule has 0 spiro atoms. The van der Waals surface area contributed by atoms with Crippen LogP contribution in [0, 0.1) is 13.3 Å². The topological polar surface area (TPSA) is 35.9 Å². The van der Waals surface area contributed by atoms with Crippen LogP contribution in [0.3, 0.4) is 0 Å². The van der Waals surface area contributed by atoms with Crippen LogP contribution in [0.5, 0.6) is 11.5 Å². The van der Waals surface area contributed by atoms with E-state index < -0.39 is 60.4 Å². The van der Waals surface area contributed by atoms with E-state index in [1.165, 1.54) is 11.1 Å². The first-order chi connectivity index (χ1) is 33.4. The molecule has 3 aromatic heterocycles. The normalized spacial score (nSPS) is 14.2. The molecular formula is C55H46N4O. The average molecular weight is 789 g/mol. The van der Waals surface area contributed by atoms with Crippen molar-refractivity contribution >= 4 is 32.8 Å². The smallest absolute Gasteiger partial charge is 0.269 e. The van der Waals surface area contributed by atoms with Crippen LogP contribution in [0.1, 0.15) is 58.1 Å². The van der Waals surface area contributed by atoms with Crippen LogP contribution in [0.15, 0.2) is 176 Å². The number of nitrogens with zero attached hydrogens (tertiary/aromatic N) is 4. The minimum absolute atomic E-state index is 0.0577. The predicted molar refractivity (Wildman–Crippen MR) is 246 cm³/mol. The van der Waals surface area contributed by atoms with Gasteiger partial charge in [0.25, 0.3) is 6.33 Å². The Bertz CT molecular complexity index is 3670. The molecule has 0 radical (unpaired) electrons. The molecule has 0 aliphatic carbocycles. The number of pyridine rings is 1. The van der Waals surface area contributed by atoms with E-state index in [1.807, 2.05) is 78.4 Å². The molecule has 7 aromatic carbocycles. The summed E-state index contributed by atoms with van der Waals surface area (Å²) in [5.41, 5.74) is 7.28. The van der Waals surface area contributed by atoms with Gasteiger partial charge in [0.2, 0.25) is 0 Å². The highest BCUT2D eigenvalue weighted by Crippen LogP contribution is 2.39. The number of hydrogen-bond acceptors (Lipinski definition) is 2. The number of ether oxygens (including phenoxy) is 1. The van der Waals surface area contributed by atoms with E-state index in [0.717, 1.165) is 39.6 Å². The van der Waals surface area contributed by atoms with Gasteiger partial charge >= 0.3 is 0 Å². The minimum atomic E-state index is -0.563. The third kappa shape index (κ3) is 6.53. The zero-order chi connectivity index (χ0) is 49.7. The molecule has 10 rings (SSSR count). The molecule has 0 aliphatic heterocycles. The first kappa shape index (κ1) is 27.4. The molecule has 3 heterocycles. The van der Waals surface area contributed by atoms with Gasteiger partial charge in [-0.2, -0.15) is 0 Å². The Kier molecular flexibility index (Phi) is 6.79. The Hall–Kier alpha value is -7.24. The molecular weight excluding hydrogens is 733 g/mol. The quantitative estimate of drug-likeness (QED) is 0.114. The second kappa shape index (κ2) is 14.9. The third-order valence-electron chi connectivity index (χ3n) is 11.0. The van der Waals surface area contributed by atoms with E-state index in [4.69, 9.17) is 23.4 Å². The first-order valence-corrected chi connectivity index (χ1v) is 19.9. The lowest BCUT2D eigenvalue weighted by molar-refractivity contribution is -0.571. The highest BCUT2D eigenvalue weighted by atomic mass is 16.5. The molecule has 5 nitrogen and oxygen atoms in total. The summed E-state index contributed by atoms with van der Waals surface area (Å²) < 4.78 is 99.7. The van der Waals surface area contributed by atoms with E-state index in [9.17, 15) is 0 Å². The van der Waals surface area contributed by atoms with Crippen LogP contribution in [-0.4, -0.2) is 14.1 Å². The second-order valence-electron chi connectivity index (χ2n) is 15.9. The van der Waals surface area contributed by atoms with Gasteiger partial charge in [-0.05, 0) is 112 Å². The van der Waals surface area contributed by atoms with Crippen LogP contribution < -0.4 is 9.30 Å². The molecule has 5 heteroatoms. The van der Waals surface area contributed by atoms with Gasteiger partial charge in [-0.3, -0.25) is 13.7 Å². The summed E-state index contributed by atoms with van der Waals surface area (Å²) in [5.74, 6) is 1.93. The summed E-state index contributed by atoms with van der Waals surface area (Å²) >= 11 is 0. The lowest BCUT2D eigenvalue weighted by atomic mass is 9.86. The van der Waals surface area contributed by atoms with E-state index in [1.54, 1.807) is 22.8 Å². The van der Waals surface area contributed by atoms with E-state index in [-0.39, 0.29) is 33.4 Å². The van der Waals surface area contributed by atoms with Crippen molar-refractivity contribution < 1.29 is 23.0 Å². The van der Waals surface area contributed by atoms with Crippen molar-refractivity contribution in [1.82, 2.24) is 14.1 Å². The lowest BCUT2D eigenvalue weighted by Gasteiger charge is -2.19. The van der Waals surface area contributed by atoms with Crippen LogP contribution in [-0.2, 0) is 11.8 Å². The summed E-state index contributed by atoms with van der Waals surface area (Å²) in [6.45, 7) is 10.7. The van der Waals surface area contributed by atoms with Gasteiger partial charge in [0.1, 0.15) is 17.3 Å². The van der Waals surface area contributed by atoms with Gasteiger partial charge in [0.15, 0.2) is 0 Å². The van der Waals surface area contributed by atoms with E-state index in [2.05, 4.69) is 68.9 Å². The zero-order valence-corrected chi connectivity index (χ0v) is 33.9. The van der Waals surface area contributed by atoms with Crippen molar-refractivity contribution in [2.75, 3.05) is 0 Å². The molecule has 60 heavy (non-hydrogen) atoms. The minimum Gasteiger partial charge on any atom is -0.458 e. The number of aryl methyl sites for hydroxylation is 2. The van der Waals surface area contributed by atoms with Gasteiger partial charge in [-0.25, -0.2) is 4.98 Å². The van der Waals surface area contributed by atoms with Crippen LogP contribution in [0.4, 0.5) is 0 Å². The Morgan fingerprint density at radius 1 is 0.683 bits per heavy atom. The maximum absolute atomic E-state index is 9.05. The van der Waals surface area contributed by atoms with Crippen LogP contribution in [0.2, 0.25) is 0 Å². The summed E-state index contributed by atoms with van der Waals surface area (Å²) in [6.07, 6.45) is 6.19. The van der Waals surface area contributed by atoms with Crippen LogP contribution in [0.25, 0.3) is 72.3 Å². The number of para-hydroxylation sites is 2. The molecule has 0 atom stereocenters. The Labute approximate surface area is 365 Å². The fourth-order valence-corrected chi connectivity index (χ4v) is 8.04. The van der Waals surface area contributed by atoms with Gasteiger partial charge in [0, 0.05) is 23.0 Å². The molecule has 292 valence electrons. The van der Waals surface area contributed by atoms with Crippen molar-refractivity contribution in [3.8, 4) is 50.9 Å². The largest absolute Gasteiger partial charge is 0.458 e. The monoisotopic (exact) mass is 788 g/mol. The molecule has 10 aromatic rings. The predicted octanol–water partition coefficient (Wildman–Crippen LogP) is 13.5. The molecule has 0 bridgehead atoms. The van der Waals surface area contributed by atoms with Gasteiger partial charge in [-0.1, -0.05) is 137 Å². The number of aromatic nitrogens is 4. The van der Waals surface area contributed by atoms with Gasteiger partial charge in [0.05, 0.1) is 47.1 Å². The fraction of sp³-hybridized carbons (Fsp3) is 0.127. The summed E-state index contributed by atoms with van der Waals surface area (Å²) in [7, 11) is 0. The molecule has 0 N–H and O–H groups in total. The highest BCUT2D eigenvalue weighted by Gasteiger charge is 2.22. The maximum Gasteiger partial charge on any atom is 0.269 e. The van der Waals surface area contributed by atoms with Crippen LogP contribution >= 0.6 is 0 Å². The Morgan fingerprint density at radius 2 is 1.38 bits per heavy atom. The fourth-order valence-electron chi connectivity index (χ4n) is 8.04. The van der Waals surface area contributed by atoms with E-state index in [0.29, 0.717) is 28.2 Å². The lowest BCUT2D eigenvalue weighted by Crippen LogP contribution is -2.32. The average Bonchev–Trinajstić information content (AvgIpc) is 3.90. The Morgan fingerprint density at radius 3 is 2.10 bits per heavy atom. The van der Waals surface area contributed by atoms with Gasteiger partial charge in [-0.15, -0.1) is 0 Å². The van der Waals surface area contributed by atoms with Crippen molar-refractivity contribution in [3.05, 3.63) is 199 Å². The molecule has 0 saturated carbocycles. The number of hydrogen-bond donors (Lipinski definition) is 0. The van der Waals surface area contributed by atoms with E-state index >= 15 is 0 Å². The number of benzene rings is 7. The SMILES string of the molecule is [2H]c1c([2H])c([2H])c(-c2cccc(-c3c([2H])c([2H])c([2H])c([2H])c3[2H])c2-[n+]2[c-]n(-c3cccc(Oc4ccc5c6cc(C(C)(C)C)ccc6n(-c6cc(CC)ccn6)c5c4)c3)c3cccc(C)c32)c([2H])c1[2H]. The number of rotatable bonds is 8. The van der Waals surface area contributed by atoms with Crippen molar-refractivity contribution in [3.63, 3.8) is 0 Å². The first-order valence-electron chi connectivity index (χ1n) is 24.9. The summed E-state index contributed by atoms with van der Waals surface area (Å²) in [4.78, 5) is 4.83. The van der Waals surface area contributed by atoms with Gasteiger partial charge < -0.3 is 4.74 Å². The molecule has 0 aliphatic rings. The molecule has 0 fully saturated rings. The number of fused-ring (bicyclic) bond motifs is 4. The Balaban J connectivity index is 1.16. The maximum atomic E-state index is 9.05. The number of imidazole rings is 1. The molecule has 0 saturated heterocycles. The van der Waals surface area contributed by atoms with Crippen molar-refractivity contribution in [2.45, 2.75) is 46.5 Å². The molecule has 0 amide bonds. The second-order valence-corrected chi connectivity index (χ2v) is 15.9. The summed E-state index contributed by atoms with van der Waals surface area (Å²) in [6, 6.07) is 29.7. The highest BCUT2D eigenvalue weighted by molar-refractivity contribution is 6.09. The third-order valence-corrected chi connectivity index (χ3v) is 11.0. The molecule has 0 unspecified atom stereocenters. The van der Waals surface area contributed by atoms with Crippen molar-refractivity contribution in [2.24, 2.45) is 0 Å². The van der Waals surface area contributed by atoms with Crippen molar-refractivity contribution in [1.29, 1.82) is 0 Å². The standard InChI is InChI=1S/C55H46N4O/c1-6-38-30-31-56-52(32-38)59-49-29-26-41(55(3,4)5)33-48(49)47-28-27-44(35-51(47)59)60-43-22-14-21-42(34-43)57-36-58(53-37(2)16-13-25-50(53)57)54-45(39-17-9-7-10-18-39)23-15-24-46(54)40-19-11-8-12-20-40/h7-35H,6H2,1-5H3/i7D,8D,9D,10D,11D,12D,17D,18D,19D,20D.